The molecule has 3 heterocycles. The lowest BCUT2D eigenvalue weighted by Gasteiger charge is -2.29. The van der Waals surface area contributed by atoms with E-state index < -0.39 is 6.04 Å². The lowest BCUT2D eigenvalue weighted by molar-refractivity contribution is 0.0353. The van der Waals surface area contributed by atoms with Gasteiger partial charge < -0.3 is 23.5 Å². The molecule has 2 aliphatic heterocycles. The van der Waals surface area contributed by atoms with Crippen LogP contribution in [0.25, 0.3) is 11.0 Å². The highest BCUT2D eigenvalue weighted by atomic mass is 16.5. The van der Waals surface area contributed by atoms with Crippen LogP contribution < -0.4 is 14.9 Å². The van der Waals surface area contributed by atoms with Crippen LogP contribution in [0.1, 0.15) is 41.1 Å². The molecule has 1 fully saturated rings. The molecule has 0 N–H and O–H groups in total. The van der Waals surface area contributed by atoms with Crippen molar-refractivity contribution < 1.29 is 23.4 Å². The molecular formula is C27H30N2O6. The number of hydrogen-bond donors (Lipinski definition) is 0. The monoisotopic (exact) mass is 478 g/mol. The second-order valence-electron chi connectivity index (χ2n) is 8.72. The minimum atomic E-state index is -0.562. The van der Waals surface area contributed by atoms with E-state index in [1.54, 1.807) is 36.3 Å². The van der Waals surface area contributed by atoms with Crippen LogP contribution >= 0.6 is 0 Å². The van der Waals surface area contributed by atoms with Gasteiger partial charge in [0.15, 0.2) is 16.9 Å². The van der Waals surface area contributed by atoms with Crippen molar-refractivity contribution in [2.45, 2.75) is 19.4 Å². The summed E-state index contributed by atoms with van der Waals surface area (Å²) in [5, 5.41) is 0.470. The largest absolute Gasteiger partial charge is 0.493 e. The molecule has 1 aromatic heterocycles. The highest BCUT2D eigenvalue weighted by Crippen LogP contribution is 2.41. The Morgan fingerprint density at radius 3 is 2.60 bits per heavy atom. The first-order valence-electron chi connectivity index (χ1n) is 12.1. The second kappa shape index (κ2) is 10.1. The molecule has 184 valence electrons. The van der Waals surface area contributed by atoms with E-state index in [1.165, 1.54) is 0 Å². The van der Waals surface area contributed by atoms with E-state index in [-0.39, 0.29) is 17.1 Å². The van der Waals surface area contributed by atoms with Crippen molar-refractivity contribution in [3.05, 3.63) is 69.6 Å². The van der Waals surface area contributed by atoms with Crippen LogP contribution in [0.2, 0.25) is 0 Å². The fraction of sp³-hybridized carbons (Fsp3) is 0.407. The molecule has 2 aromatic carbocycles. The zero-order valence-corrected chi connectivity index (χ0v) is 20.1. The van der Waals surface area contributed by atoms with Gasteiger partial charge in [0.05, 0.1) is 43.9 Å². The fourth-order valence-electron chi connectivity index (χ4n) is 4.96. The van der Waals surface area contributed by atoms with Crippen LogP contribution in [0.4, 0.5) is 0 Å². The van der Waals surface area contributed by atoms with Crippen LogP contribution in [0, 0.1) is 0 Å². The maximum atomic E-state index is 13.6. The zero-order valence-electron chi connectivity index (χ0n) is 20.1. The van der Waals surface area contributed by atoms with Gasteiger partial charge >= 0.3 is 0 Å². The quantitative estimate of drug-likeness (QED) is 0.490. The Balaban J connectivity index is 1.54. The SMILES string of the molecule is CCOc1ccc([C@@H]2c3c(oc4ccccc4c3=O)C(=O)N2CCCN2CCOCC2)cc1OC. The molecule has 3 aromatic rings. The van der Waals surface area contributed by atoms with Crippen LogP contribution in [0.15, 0.2) is 51.7 Å². The number of carbonyl (C=O) groups excluding carboxylic acids is 1. The molecule has 0 radical (unpaired) electrons. The summed E-state index contributed by atoms with van der Waals surface area (Å²) in [5.74, 6) is 1.04. The van der Waals surface area contributed by atoms with Gasteiger partial charge in [0.25, 0.3) is 5.91 Å². The van der Waals surface area contributed by atoms with Crippen molar-refractivity contribution in [3.63, 3.8) is 0 Å². The number of ether oxygens (including phenoxy) is 3. The number of methoxy groups -OCH3 is 1. The minimum Gasteiger partial charge on any atom is -0.493 e. The summed E-state index contributed by atoms with van der Waals surface area (Å²) < 4.78 is 22.7. The Morgan fingerprint density at radius 2 is 1.83 bits per heavy atom. The van der Waals surface area contributed by atoms with E-state index in [9.17, 15) is 9.59 Å². The number of amides is 1. The molecule has 1 amide bonds. The maximum absolute atomic E-state index is 13.6. The average Bonchev–Trinajstić information content (AvgIpc) is 3.17. The second-order valence-corrected chi connectivity index (χ2v) is 8.72. The van der Waals surface area contributed by atoms with Crippen LogP contribution in [0.3, 0.4) is 0 Å². The lowest BCUT2D eigenvalue weighted by Crippen LogP contribution is -2.38. The van der Waals surface area contributed by atoms with Gasteiger partial charge in [-0.25, -0.2) is 0 Å². The number of morpholine rings is 1. The molecular weight excluding hydrogens is 448 g/mol. The molecule has 0 aliphatic carbocycles. The number of carbonyl (C=O) groups is 1. The number of benzene rings is 2. The van der Waals surface area contributed by atoms with Crippen LogP contribution in [-0.2, 0) is 4.74 Å². The van der Waals surface area contributed by atoms with Gasteiger partial charge in [0.2, 0.25) is 5.76 Å². The normalized spacial score (nSPS) is 18.2. The smallest absolute Gasteiger partial charge is 0.290 e. The summed E-state index contributed by atoms with van der Waals surface area (Å²) in [6, 6.07) is 12.1. The van der Waals surface area contributed by atoms with E-state index in [0.717, 1.165) is 44.8 Å². The van der Waals surface area contributed by atoms with E-state index >= 15 is 0 Å². The number of nitrogens with zero attached hydrogens (tertiary/aromatic N) is 2. The first kappa shape index (κ1) is 23.4. The standard InChI is InChI=1S/C27H30N2O6/c1-3-34-21-10-9-18(17-22(21)32-2)24-23-25(30)19-7-4-5-8-20(19)35-26(23)27(31)29(24)12-6-11-28-13-15-33-16-14-28/h4-5,7-10,17,24H,3,6,11-16H2,1-2H3/t24-/m1/s1. The molecule has 8 nitrogen and oxygen atoms in total. The highest BCUT2D eigenvalue weighted by molar-refractivity contribution is 5.99. The molecule has 0 spiro atoms. The van der Waals surface area contributed by atoms with E-state index in [1.807, 2.05) is 25.1 Å². The van der Waals surface area contributed by atoms with Crippen molar-refractivity contribution in [2.75, 3.05) is 53.1 Å². The van der Waals surface area contributed by atoms with Gasteiger partial charge in [0.1, 0.15) is 5.58 Å². The van der Waals surface area contributed by atoms with Gasteiger partial charge in [-0.2, -0.15) is 0 Å². The Kier molecular flexibility index (Phi) is 6.74. The highest BCUT2D eigenvalue weighted by Gasteiger charge is 2.42. The van der Waals surface area contributed by atoms with Gasteiger partial charge in [-0.15, -0.1) is 0 Å². The average molecular weight is 479 g/mol. The van der Waals surface area contributed by atoms with Gasteiger partial charge in [-0.3, -0.25) is 14.5 Å². The third-order valence-electron chi connectivity index (χ3n) is 6.65. The molecule has 0 unspecified atom stereocenters. The Morgan fingerprint density at radius 1 is 1.03 bits per heavy atom. The molecule has 1 atom stereocenters. The Bertz CT molecular complexity index is 1280. The van der Waals surface area contributed by atoms with Crippen molar-refractivity contribution in [3.8, 4) is 11.5 Å². The molecule has 2 aliphatic rings. The first-order chi connectivity index (χ1) is 17.1. The number of rotatable bonds is 8. The summed E-state index contributed by atoms with van der Waals surface area (Å²) >= 11 is 0. The first-order valence-corrected chi connectivity index (χ1v) is 12.1. The molecule has 35 heavy (non-hydrogen) atoms. The number of hydrogen-bond acceptors (Lipinski definition) is 7. The third kappa shape index (κ3) is 4.39. The van der Waals surface area contributed by atoms with Gasteiger partial charge in [-0.05, 0) is 43.2 Å². The maximum Gasteiger partial charge on any atom is 0.290 e. The van der Waals surface area contributed by atoms with Gasteiger partial charge in [-0.1, -0.05) is 18.2 Å². The molecule has 0 saturated carbocycles. The van der Waals surface area contributed by atoms with Crippen molar-refractivity contribution in [1.29, 1.82) is 0 Å². The van der Waals surface area contributed by atoms with Crippen molar-refractivity contribution in [1.82, 2.24) is 9.80 Å². The number of para-hydroxylation sites is 1. The van der Waals surface area contributed by atoms with Crippen molar-refractivity contribution >= 4 is 16.9 Å². The molecule has 5 rings (SSSR count). The summed E-state index contributed by atoms with van der Waals surface area (Å²) in [4.78, 5) is 31.3. The summed E-state index contributed by atoms with van der Waals surface area (Å²) in [7, 11) is 1.58. The zero-order chi connectivity index (χ0) is 24.4. The predicted molar refractivity (Wildman–Crippen MR) is 131 cm³/mol. The van der Waals surface area contributed by atoms with E-state index in [4.69, 9.17) is 18.6 Å². The fourth-order valence-corrected chi connectivity index (χ4v) is 4.96. The van der Waals surface area contributed by atoms with Crippen LogP contribution in [-0.4, -0.2) is 68.8 Å². The summed E-state index contributed by atoms with van der Waals surface area (Å²) in [5.41, 5.74) is 1.41. The van der Waals surface area contributed by atoms with E-state index in [2.05, 4.69) is 4.90 Å². The Labute approximate surface area is 204 Å². The minimum absolute atomic E-state index is 0.123. The predicted octanol–water partition coefficient (Wildman–Crippen LogP) is 3.47. The lowest BCUT2D eigenvalue weighted by atomic mass is 9.98. The van der Waals surface area contributed by atoms with Gasteiger partial charge in [0, 0.05) is 26.2 Å². The molecule has 1 saturated heterocycles. The number of fused-ring (bicyclic) bond motifs is 2. The third-order valence-corrected chi connectivity index (χ3v) is 6.65. The molecule has 8 heteroatoms. The van der Waals surface area contributed by atoms with Crippen LogP contribution in [0.5, 0.6) is 11.5 Å². The Hall–Kier alpha value is -3.36. The molecule has 0 bridgehead atoms. The topological polar surface area (TPSA) is 81.5 Å². The van der Waals surface area contributed by atoms with E-state index in [0.29, 0.717) is 41.2 Å². The summed E-state index contributed by atoms with van der Waals surface area (Å²) in [6.45, 7) is 7.00. The van der Waals surface area contributed by atoms with Crippen molar-refractivity contribution in [2.24, 2.45) is 0 Å². The summed E-state index contributed by atoms with van der Waals surface area (Å²) in [6.07, 6.45) is 0.776.